The molecule has 0 bridgehead atoms. The predicted octanol–water partition coefficient (Wildman–Crippen LogP) is -1.21. The normalized spacial score (nSPS) is 12.7. The van der Waals surface area contributed by atoms with Gasteiger partial charge in [0.1, 0.15) is 12.2 Å². The zero-order chi connectivity index (χ0) is 17.8. The summed E-state index contributed by atoms with van der Waals surface area (Å²) in [4.78, 5) is 20.9. The SMILES string of the molecule is O=C(O)c1ccccc1C(=O)O.OCCOCC(O)C(O)CO. The molecule has 0 aliphatic rings. The molecule has 0 aliphatic carbocycles. The lowest BCUT2D eigenvalue weighted by Gasteiger charge is -2.14. The highest BCUT2D eigenvalue weighted by Gasteiger charge is 2.14. The number of aliphatic hydroxyl groups excluding tert-OH is 4. The molecule has 0 saturated carbocycles. The van der Waals surface area contributed by atoms with Crippen molar-refractivity contribution in [3.63, 3.8) is 0 Å². The minimum atomic E-state index is -1.23. The van der Waals surface area contributed by atoms with Gasteiger partial charge in [0, 0.05) is 0 Å². The molecule has 1 aromatic carbocycles. The van der Waals surface area contributed by atoms with Gasteiger partial charge in [0.2, 0.25) is 0 Å². The van der Waals surface area contributed by atoms with Crippen LogP contribution in [0.4, 0.5) is 0 Å². The largest absolute Gasteiger partial charge is 0.478 e. The third-order valence-electron chi connectivity index (χ3n) is 2.54. The molecule has 0 heterocycles. The number of hydrogen-bond donors (Lipinski definition) is 6. The first-order chi connectivity index (χ1) is 10.8. The van der Waals surface area contributed by atoms with Gasteiger partial charge in [-0.2, -0.15) is 0 Å². The lowest BCUT2D eigenvalue weighted by atomic mass is 10.1. The van der Waals surface area contributed by atoms with Crippen LogP contribution in [0.5, 0.6) is 0 Å². The maximum Gasteiger partial charge on any atom is 0.336 e. The van der Waals surface area contributed by atoms with Gasteiger partial charge in [-0.05, 0) is 12.1 Å². The second-order valence-corrected chi connectivity index (χ2v) is 4.27. The van der Waals surface area contributed by atoms with Crippen molar-refractivity contribution in [1.29, 1.82) is 0 Å². The Morgan fingerprint density at radius 3 is 1.78 bits per heavy atom. The topological polar surface area (TPSA) is 165 Å². The van der Waals surface area contributed by atoms with E-state index in [1.54, 1.807) is 0 Å². The number of carboxylic acids is 2. The van der Waals surface area contributed by atoms with E-state index in [0.717, 1.165) is 0 Å². The lowest BCUT2D eigenvalue weighted by molar-refractivity contribution is -0.0604. The van der Waals surface area contributed by atoms with Crippen molar-refractivity contribution >= 4 is 11.9 Å². The van der Waals surface area contributed by atoms with Crippen LogP contribution in [-0.4, -0.2) is 81.2 Å². The maximum atomic E-state index is 10.5. The first kappa shape index (κ1) is 21.0. The summed E-state index contributed by atoms with van der Waals surface area (Å²) in [5.41, 5.74) is -0.380. The summed E-state index contributed by atoms with van der Waals surface area (Å²) in [6.45, 7) is -0.580. The first-order valence-electron chi connectivity index (χ1n) is 6.56. The van der Waals surface area contributed by atoms with Gasteiger partial charge >= 0.3 is 11.9 Å². The number of carbonyl (C=O) groups is 2. The molecule has 0 aromatic heterocycles. The number of aromatic carboxylic acids is 2. The van der Waals surface area contributed by atoms with Crippen LogP contribution in [0.1, 0.15) is 20.7 Å². The van der Waals surface area contributed by atoms with Gasteiger partial charge in [0.15, 0.2) is 0 Å². The van der Waals surface area contributed by atoms with E-state index in [-0.39, 0.29) is 30.9 Å². The predicted molar refractivity (Wildman–Crippen MR) is 77.4 cm³/mol. The molecule has 2 unspecified atom stereocenters. The van der Waals surface area contributed by atoms with Crippen LogP contribution in [0.2, 0.25) is 0 Å². The summed E-state index contributed by atoms with van der Waals surface area (Å²) in [6.07, 6.45) is -2.26. The Bertz CT molecular complexity index is 456. The highest BCUT2D eigenvalue weighted by Crippen LogP contribution is 2.07. The van der Waals surface area contributed by atoms with E-state index in [1.165, 1.54) is 24.3 Å². The zero-order valence-electron chi connectivity index (χ0n) is 12.2. The van der Waals surface area contributed by atoms with E-state index in [2.05, 4.69) is 0 Å². The molecule has 0 aliphatic heterocycles. The van der Waals surface area contributed by atoms with E-state index in [0.29, 0.717) is 0 Å². The number of ether oxygens (including phenoxy) is 1. The molecule has 6 N–H and O–H groups in total. The van der Waals surface area contributed by atoms with Gasteiger partial charge < -0.3 is 35.4 Å². The molecule has 0 fully saturated rings. The quantitative estimate of drug-likeness (QED) is 0.320. The Morgan fingerprint density at radius 1 is 0.957 bits per heavy atom. The van der Waals surface area contributed by atoms with Crippen molar-refractivity contribution in [1.82, 2.24) is 0 Å². The molecule has 0 radical (unpaired) electrons. The van der Waals surface area contributed by atoms with E-state index >= 15 is 0 Å². The second-order valence-electron chi connectivity index (χ2n) is 4.27. The van der Waals surface area contributed by atoms with Gasteiger partial charge in [-0.1, -0.05) is 12.1 Å². The second kappa shape index (κ2) is 11.5. The number of carboxylic acid groups (broad SMARTS) is 2. The minimum Gasteiger partial charge on any atom is -0.478 e. The van der Waals surface area contributed by atoms with Crippen LogP contribution < -0.4 is 0 Å². The van der Waals surface area contributed by atoms with Gasteiger partial charge in [-0.15, -0.1) is 0 Å². The number of benzene rings is 1. The molecule has 23 heavy (non-hydrogen) atoms. The van der Waals surface area contributed by atoms with Crippen LogP contribution in [-0.2, 0) is 4.74 Å². The van der Waals surface area contributed by atoms with E-state index in [1.807, 2.05) is 0 Å². The molecule has 130 valence electrons. The summed E-state index contributed by atoms with van der Waals surface area (Å²) < 4.78 is 4.70. The fourth-order valence-corrected chi connectivity index (χ4v) is 1.36. The van der Waals surface area contributed by atoms with Crippen molar-refractivity contribution in [2.45, 2.75) is 12.2 Å². The third kappa shape index (κ3) is 8.24. The van der Waals surface area contributed by atoms with Gasteiger partial charge in [-0.25, -0.2) is 9.59 Å². The highest BCUT2D eigenvalue weighted by atomic mass is 16.5. The van der Waals surface area contributed by atoms with Gasteiger partial charge in [0.25, 0.3) is 0 Å². The van der Waals surface area contributed by atoms with Crippen molar-refractivity contribution < 1.29 is 45.0 Å². The standard InChI is InChI=1S/C8H6O4.C6H14O5/c9-7(10)5-3-1-2-4-6(5)8(11)12;7-1-2-11-4-6(10)5(9)3-8/h1-4H,(H,9,10)(H,11,12);5-10H,1-4H2. The Labute approximate surface area is 132 Å². The number of aliphatic hydroxyl groups is 4. The molecule has 9 heteroatoms. The fourth-order valence-electron chi connectivity index (χ4n) is 1.36. The lowest BCUT2D eigenvalue weighted by Crippen LogP contribution is -2.33. The molecule has 1 rings (SSSR count). The molecule has 9 nitrogen and oxygen atoms in total. The van der Waals surface area contributed by atoms with E-state index < -0.39 is 30.8 Å². The third-order valence-corrected chi connectivity index (χ3v) is 2.54. The molecule has 0 saturated heterocycles. The first-order valence-corrected chi connectivity index (χ1v) is 6.56. The van der Waals surface area contributed by atoms with Crippen LogP contribution in [0, 0.1) is 0 Å². The molecule has 1 aromatic rings. The maximum absolute atomic E-state index is 10.5. The highest BCUT2D eigenvalue weighted by molar-refractivity contribution is 6.01. The van der Waals surface area contributed by atoms with Crippen LogP contribution in [0.25, 0.3) is 0 Å². The summed E-state index contributed by atoms with van der Waals surface area (Å²) in [5.74, 6) is -2.46. The minimum absolute atomic E-state index is 0.0811. The van der Waals surface area contributed by atoms with Crippen molar-refractivity contribution in [3.05, 3.63) is 35.4 Å². The Balaban J connectivity index is 0.000000423. The molecule has 0 spiro atoms. The summed E-state index contributed by atoms with van der Waals surface area (Å²) >= 11 is 0. The average molecular weight is 332 g/mol. The molecular formula is C14H20O9. The van der Waals surface area contributed by atoms with Crippen molar-refractivity contribution in [3.8, 4) is 0 Å². The van der Waals surface area contributed by atoms with Crippen LogP contribution >= 0.6 is 0 Å². The molecular weight excluding hydrogens is 312 g/mol. The summed E-state index contributed by atoms with van der Waals surface area (Å²) in [5, 5.41) is 51.4. The monoisotopic (exact) mass is 332 g/mol. The van der Waals surface area contributed by atoms with Crippen molar-refractivity contribution in [2.75, 3.05) is 26.4 Å². The van der Waals surface area contributed by atoms with Gasteiger partial charge in [0.05, 0.1) is 37.6 Å². The smallest absolute Gasteiger partial charge is 0.336 e. The molecule has 2 atom stereocenters. The summed E-state index contributed by atoms with van der Waals surface area (Å²) in [7, 11) is 0. The van der Waals surface area contributed by atoms with Crippen LogP contribution in [0.15, 0.2) is 24.3 Å². The zero-order valence-corrected chi connectivity index (χ0v) is 12.2. The number of hydrogen-bond acceptors (Lipinski definition) is 7. The Morgan fingerprint density at radius 2 is 1.43 bits per heavy atom. The van der Waals surface area contributed by atoms with Crippen molar-refractivity contribution in [2.24, 2.45) is 0 Å². The Hall–Kier alpha value is -2.04. The Kier molecular flexibility index (Phi) is 10.5. The molecule has 0 amide bonds. The fraction of sp³-hybridized carbons (Fsp3) is 0.429. The van der Waals surface area contributed by atoms with E-state index in [9.17, 15) is 9.59 Å². The average Bonchev–Trinajstić information content (AvgIpc) is 2.54. The van der Waals surface area contributed by atoms with Crippen LogP contribution in [0.3, 0.4) is 0 Å². The number of rotatable bonds is 8. The van der Waals surface area contributed by atoms with Gasteiger partial charge in [-0.3, -0.25) is 0 Å². The van der Waals surface area contributed by atoms with E-state index in [4.69, 9.17) is 35.4 Å². The summed E-state index contributed by atoms with van der Waals surface area (Å²) in [6, 6.07) is 5.48.